The zero-order valence-electron chi connectivity index (χ0n) is 11.7. The van der Waals surface area contributed by atoms with Crippen LogP contribution in [0.2, 0.25) is 0 Å². The lowest BCUT2D eigenvalue weighted by Crippen LogP contribution is -2.09. The average Bonchev–Trinajstić information content (AvgIpc) is 2.88. The fraction of sp³-hybridized carbons (Fsp3) is 0.286. The molecule has 0 aliphatic carbocycles. The molecule has 0 saturated heterocycles. The zero-order chi connectivity index (χ0) is 16.6. The van der Waals surface area contributed by atoms with Crippen LogP contribution in [-0.2, 0) is 6.18 Å². The maximum absolute atomic E-state index is 12.9. The Kier molecular flexibility index (Phi) is 4.15. The minimum Gasteiger partial charge on any atom is -0.396 e. The number of anilines is 1. The lowest BCUT2D eigenvalue weighted by molar-refractivity contribution is -0.137. The zero-order valence-corrected chi connectivity index (χ0v) is 13.3. The van der Waals surface area contributed by atoms with E-state index in [1.807, 2.05) is 0 Å². The van der Waals surface area contributed by atoms with Crippen molar-refractivity contribution in [3.05, 3.63) is 34.6 Å². The molecular formula is C14H12BrF3N4O. The van der Waals surface area contributed by atoms with Gasteiger partial charge in [0.25, 0.3) is 0 Å². The van der Waals surface area contributed by atoms with E-state index in [0.717, 1.165) is 12.1 Å². The van der Waals surface area contributed by atoms with E-state index in [1.165, 1.54) is 6.07 Å². The van der Waals surface area contributed by atoms with E-state index < -0.39 is 11.7 Å². The van der Waals surface area contributed by atoms with Gasteiger partial charge >= 0.3 is 6.18 Å². The minimum absolute atomic E-state index is 0.00717. The van der Waals surface area contributed by atoms with Crippen molar-refractivity contribution in [3.8, 4) is 0 Å². The number of aromatic nitrogens is 3. The van der Waals surface area contributed by atoms with Crippen molar-refractivity contribution in [1.82, 2.24) is 14.4 Å². The number of halogens is 4. The lowest BCUT2D eigenvalue weighted by Gasteiger charge is -2.12. The predicted octanol–water partition coefficient (Wildman–Crippen LogP) is 3.46. The molecule has 23 heavy (non-hydrogen) atoms. The van der Waals surface area contributed by atoms with E-state index in [0.29, 0.717) is 34.6 Å². The first-order valence-corrected chi connectivity index (χ1v) is 7.60. The Morgan fingerprint density at radius 2 is 2.09 bits per heavy atom. The van der Waals surface area contributed by atoms with E-state index in [4.69, 9.17) is 5.11 Å². The van der Waals surface area contributed by atoms with Crippen LogP contribution in [0.25, 0.3) is 16.7 Å². The molecule has 0 atom stereocenters. The van der Waals surface area contributed by atoms with E-state index in [-0.39, 0.29) is 12.1 Å². The summed E-state index contributed by atoms with van der Waals surface area (Å²) in [4.78, 5) is 8.49. The van der Waals surface area contributed by atoms with Gasteiger partial charge in [-0.05, 0) is 40.5 Å². The molecule has 0 amide bonds. The Bertz CT molecular complexity index is 862. The standard InChI is InChI=1S/C14H12BrF3N4O/c15-11-7-20-13-12(19-4-1-5-23)21-9-6-8(14(16,17)18)2-3-10(9)22(11)13/h2-3,6-7,23H,1,4-5H2,(H,19,21). The molecular weight excluding hydrogens is 377 g/mol. The van der Waals surface area contributed by atoms with Crippen LogP contribution in [0.5, 0.6) is 0 Å². The van der Waals surface area contributed by atoms with Gasteiger partial charge in [-0.3, -0.25) is 4.40 Å². The highest BCUT2D eigenvalue weighted by Gasteiger charge is 2.31. The Hall–Kier alpha value is -1.87. The first-order chi connectivity index (χ1) is 10.9. The highest BCUT2D eigenvalue weighted by molar-refractivity contribution is 9.10. The third-order valence-corrected chi connectivity index (χ3v) is 3.89. The molecule has 0 aliphatic heterocycles. The first kappa shape index (κ1) is 16.0. The molecule has 5 nitrogen and oxygen atoms in total. The van der Waals surface area contributed by atoms with Gasteiger partial charge in [-0.2, -0.15) is 13.2 Å². The van der Waals surface area contributed by atoms with Gasteiger partial charge in [0.1, 0.15) is 4.60 Å². The molecule has 0 bridgehead atoms. The molecule has 0 saturated carbocycles. The number of aliphatic hydroxyl groups is 1. The second kappa shape index (κ2) is 5.97. The molecule has 3 rings (SSSR count). The van der Waals surface area contributed by atoms with E-state index >= 15 is 0 Å². The van der Waals surface area contributed by atoms with Crippen molar-refractivity contribution in [2.45, 2.75) is 12.6 Å². The summed E-state index contributed by atoms with van der Waals surface area (Å²) in [5.41, 5.74) is 0.471. The Balaban J connectivity index is 2.21. The fourth-order valence-electron chi connectivity index (χ4n) is 2.28. The van der Waals surface area contributed by atoms with Gasteiger partial charge in [-0.1, -0.05) is 0 Å². The number of aliphatic hydroxyl groups excluding tert-OH is 1. The SMILES string of the molecule is OCCCNc1nc2cc(C(F)(F)F)ccc2n2c(Br)cnc12. The Morgan fingerprint density at radius 1 is 1.30 bits per heavy atom. The Morgan fingerprint density at radius 3 is 2.78 bits per heavy atom. The number of imidazole rings is 1. The maximum atomic E-state index is 12.9. The van der Waals surface area contributed by atoms with Crippen molar-refractivity contribution in [2.24, 2.45) is 0 Å². The number of benzene rings is 1. The molecule has 0 fully saturated rings. The summed E-state index contributed by atoms with van der Waals surface area (Å²) in [7, 11) is 0. The summed E-state index contributed by atoms with van der Waals surface area (Å²) in [6.07, 6.45) is -2.37. The maximum Gasteiger partial charge on any atom is 0.416 e. The van der Waals surface area contributed by atoms with Crippen molar-refractivity contribution in [2.75, 3.05) is 18.5 Å². The van der Waals surface area contributed by atoms with Crippen LogP contribution in [0.1, 0.15) is 12.0 Å². The number of hydrogen-bond acceptors (Lipinski definition) is 4. The summed E-state index contributed by atoms with van der Waals surface area (Å²) >= 11 is 3.34. The third-order valence-electron chi connectivity index (χ3n) is 3.33. The lowest BCUT2D eigenvalue weighted by atomic mass is 10.2. The van der Waals surface area contributed by atoms with Gasteiger partial charge in [0.05, 0.1) is 22.8 Å². The van der Waals surface area contributed by atoms with Gasteiger partial charge in [0.15, 0.2) is 11.5 Å². The van der Waals surface area contributed by atoms with Crippen molar-refractivity contribution in [1.29, 1.82) is 0 Å². The molecule has 122 valence electrons. The molecule has 2 heterocycles. The van der Waals surface area contributed by atoms with Crippen molar-refractivity contribution in [3.63, 3.8) is 0 Å². The molecule has 1 aromatic carbocycles. The quantitative estimate of drug-likeness (QED) is 0.671. The summed E-state index contributed by atoms with van der Waals surface area (Å²) in [6, 6.07) is 3.41. The number of nitrogens with one attached hydrogen (secondary N) is 1. The van der Waals surface area contributed by atoms with Gasteiger partial charge in [0.2, 0.25) is 0 Å². The predicted molar refractivity (Wildman–Crippen MR) is 83.4 cm³/mol. The van der Waals surface area contributed by atoms with Crippen LogP contribution < -0.4 is 5.32 Å². The topological polar surface area (TPSA) is 62.5 Å². The smallest absolute Gasteiger partial charge is 0.396 e. The summed E-state index contributed by atoms with van der Waals surface area (Å²) in [6.45, 7) is 0.446. The molecule has 2 N–H and O–H groups in total. The molecule has 0 radical (unpaired) electrons. The molecule has 0 spiro atoms. The van der Waals surface area contributed by atoms with Crippen LogP contribution >= 0.6 is 15.9 Å². The average molecular weight is 389 g/mol. The molecule has 0 aliphatic rings. The van der Waals surface area contributed by atoms with Crippen LogP contribution in [0.3, 0.4) is 0 Å². The number of nitrogens with zero attached hydrogens (tertiary/aromatic N) is 3. The van der Waals surface area contributed by atoms with Gasteiger partial charge < -0.3 is 10.4 Å². The monoisotopic (exact) mass is 388 g/mol. The summed E-state index contributed by atoms with van der Waals surface area (Å²) in [5, 5.41) is 11.8. The van der Waals surface area contributed by atoms with Crippen LogP contribution in [0.4, 0.5) is 19.0 Å². The first-order valence-electron chi connectivity index (χ1n) is 6.80. The normalized spacial score (nSPS) is 12.2. The number of rotatable bonds is 4. The van der Waals surface area contributed by atoms with Crippen LogP contribution in [0.15, 0.2) is 29.0 Å². The highest BCUT2D eigenvalue weighted by Crippen LogP contribution is 2.32. The summed E-state index contributed by atoms with van der Waals surface area (Å²) < 4.78 is 41.0. The van der Waals surface area contributed by atoms with Gasteiger partial charge in [0, 0.05) is 13.2 Å². The van der Waals surface area contributed by atoms with Crippen LogP contribution in [-0.4, -0.2) is 32.6 Å². The largest absolute Gasteiger partial charge is 0.416 e. The second-order valence-corrected chi connectivity index (χ2v) is 5.72. The van der Waals surface area contributed by atoms with E-state index in [2.05, 4.69) is 31.2 Å². The second-order valence-electron chi connectivity index (χ2n) is 4.91. The number of alkyl halides is 3. The highest BCUT2D eigenvalue weighted by atomic mass is 79.9. The van der Waals surface area contributed by atoms with Crippen molar-refractivity contribution >= 4 is 38.4 Å². The number of hydrogen-bond donors (Lipinski definition) is 2. The summed E-state index contributed by atoms with van der Waals surface area (Å²) in [5.74, 6) is 0.371. The van der Waals surface area contributed by atoms with Gasteiger partial charge in [-0.15, -0.1) is 0 Å². The molecule has 0 unspecified atom stereocenters. The third kappa shape index (κ3) is 2.98. The van der Waals surface area contributed by atoms with Crippen LogP contribution in [0, 0.1) is 0 Å². The van der Waals surface area contributed by atoms with Gasteiger partial charge in [-0.25, -0.2) is 9.97 Å². The number of fused-ring (bicyclic) bond motifs is 3. The Labute approximate surface area is 137 Å². The van der Waals surface area contributed by atoms with E-state index in [9.17, 15) is 13.2 Å². The molecule has 3 aromatic rings. The molecule has 2 aromatic heterocycles. The molecule has 9 heteroatoms. The van der Waals surface area contributed by atoms with Crippen molar-refractivity contribution < 1.29 is 18.3 Å². The minimum atomic E-state index is -4.43. The fourth-order valence-corrected chi connectivity index (χ4v) is 2.74. The van der Waals surface area contributed by atoms with E-state index in [1.54, 1.807) is 10.6 Å².